The molecule has 0 radical (unpaired) electrons. The molecule has 1 fully saturated rings. The number of rotatable bonds is 3. The summed E-state index contributed by atoms with van der Waals surface area (Å²) in [5.41, 5.74) is 0.950. The maximum Gasteiger partial charge on any atom is 0.244 e. The van der Waals surface area contributed by atoms with Gasteiger partial charge in [-0.1, -0.05) is 23.2 Å². The van der Waals surface area contributed by atoms with Crippen LogP contribution in [0.3, 0.4) is 0 Å². The van der Waals surface area contributed by atoms with Crippen LogP contribution in [-0.2, 0) is 10.0 Å². The Morgan fingerprint density at radius 3 is 2.17 bits per heavy atom. The number of benzene rings is 2. The second-order valence-corrected chi connectivity index (χ2v) is 8.23. The number of nitrogens with zero attached hydrogens (tertiary/aromatic N) is 2. The van der Waals surface area contributed by atoms with Gasteiger partial charge in [-0.3, -0.25) is 0 Å². The summed E-state index contributed by atoms with van der Waals surface area (Å²) in [5.74, 6) is 0.204. The smallest absolute Gasteiger partial charge is 0.244 e. The quantitative estimate of drug-likeness (QED) is 0.879. The zero-order valence-corrected chi connectivity index (χ0v) is 15.0. The van der Waals surface area contributed by atoms with E-state index in [1.807, 2.05) is 12.1 Å². The minimum Gasteiger partial charge on any atom is -0.508 e. The van der Waals surface area contributed by atoms with Crippen LogP contribution in [0.25, 0.3) is 0 Å². The zero-order valence-electron chi connectivity index (χ0n) is 12.7. The number of phenols is 1. The van der Waals surface area contributed by atoms with Crippen LogP contribution in [0.1, 0.15) is 0 Å². The van der Waals surface area contributed by atoms with Crippen molar-refractivity contribution in [3.8, 4) is 5.75 Å². The van der Waals surface area contributed by atoms with Crippen LogP contribution < -0.4 is 4.90 Å². The molecule has 0 aromatic heterocycles. The number of hydrogen-bond donors (Lipinski definition) is 1. The van der Waals surface area contributed by atoms with Crippen molar-refractivity contribution in [1.29, 1.82) is 0 Å². The van der Waals surface area contributed by atoms with Gasteiger partial charge in [0.25, 0.3) is 0 Å². The van der Waals surface area contributed by atoms with E-state index in [0.717, 1.165) is 5.69 Å². The first-order valence-electron chi connectivity index (χ1n) is 7.37. The van der Waals surface area contributed by atoms with E-state index in [9.17, 15) is 13.5 Å². The summed E-state index contributed by atoms with van der Waals surface area (Å²) in [6.45, 7) is 1.82. The first-order chi connectivity index (χ1) is 11.4. The lowest BCUT2D eigenvalue weighted by atomic mass is 10.2. The van der Waals surface area contributed by atoms with Gasteiger partial charge in [0.2, 0.25) is 10.0 Å². The molecule has 0 bridgehead atoms. The maximum absolute atomic E-state index is 12.8. The Morgan fingerprint density at radius 2 is 1.54 bits per heavy atom. The van der Waals surface area contributed by atoms with Crippen LogP contribution in [0.2, 0.25) is 10.0 Å². The van der Waals surface area contributed by atoms with Gasteiger partial charge in [-0.15, -0.1) is 0 Å². The van der Waals surface area contributed by atoms with E-state index in [1.54, 1.807) is 18.2 Å². The van der Waals surface area contributed by atoms with Gasteiger partial charge in [0, 0.05) is 36.9 Å². The van der Waals surface area contributed by atoms with Gasteiger partial charge in [-0.25, -0.2) is 8.42 Å². The lowest BCUT2D eigenvalue weighted by molar-refractivity contribution is 0.385. The molecule has 1 saturated heterocycles. The summed E-state index contributed by atoms with van der Waals surface area (Å²) < 4.78 is 27.0. The highest BCUT2D eigenvalue weighted by molar-refractivity contribution is 7.89. The summed E-state index contributed by atoms with van der Waals surface area (Å²) in [6.07, 6.45) is 0. The highest BCUT2D eigenvalue weighted by Crippen LogP contribution is 2.29. The zero-order chi connectivity index (χ0) is 17.3. The molecule has 128 valence electrons. The molecule has 0 saturated carbocycles. The van der Waals surface area contributed by atoms with Crippen LogP contribution in [-0.4, -0.2) is 44.0 Å². The fourth-order valence-corrected chi connectivity index (χ4v) is 4.82. The molecule has 5 nitrogen and oxygen atoms in total. The van der Waals surface area contributed by atoms with Crippen molar-refractivity contribution in [3.05, 3.63) is 52.5 Å². The van der Waals surface area contributed by atoms with Gasteiger partial charge in [-0.05, 0) is 42.5 Å². The summed E-state index contributed by atoms with van der Waals surface area (Å²) in [5, 5.41) is 9.85. The van der Waals surface area contributed by atoms with E-state index in [1.165, 1.54) is 16.4 Å². The molecule has 3 rings (SSSR count). The normalized spacial score (nSPS) is 16.3. The fourth-order valence-electron chi connectivity index (χ4n) is 2.66. The van der Waals surface area contributed by atoms with E-state index in [-0.39, 0.29) is 15.7 Å². The van der Waals surface area contributed by atoms with Crippen LogP contribution >= 0.6 is 23.2 Å². The molecule has 1 aliphatic rings. The largest absolute Gasteiger partial charge is 0.508 e. The SMILES string of the molecule is O=S(=O)(c1cc(Cl)ccc1Cl)N1CCN(c2ccc(O)cc2)CC1. The number of sulfonamides is 1. The predicted molar refractivity (Wildman–Crippen MR) is 95.5 cm³/mol. The van der Waals surface area contributed by atoms with E-state index < -0.39 is 10.0 Å². The molecular formula is C16H16Cl2N2O3S. The van der Waals surface area contributed by atoms with Gasteiger partial charge in [-0.2, -0.15) is 4.31 Å². The van der Waals surface area contributed by atoms with Crippen molar-refractivity contribution in [1.82, 2.24) is 4.31 Å². The van der Waals surface area contributed by atoms with E-state index >= 15 is 0 Å². The molecule has 2 aromatic rings. The second kappa shape index (κ2) is 6.80. The number of phenolic OH excluding ortho intramolecular Hbond substituents is 1. The Kier molecular flexibility index (Phi) is 4.92. The number of anilines is 1. The minimum absolute atomic E-state index is 0.0368. The van der Waals surface area contributed by atoms with Gasteiger partial charge >= 0.3 is 0 Å². The minimum atomic E-state index is -3.68. The Morgan fingerprint density at radius 1 is 0.917 bits per heavy atom. The number of aromatic hydroxyl groups is 1. The average Bonchev–Trinajstić information content (AvgIpc) is 2.58. The average molecular weight is 387 g/mol. The van der Waals surface area contributed by atoms with E-state index in [4.69, 9.17) is 23.2 Å². The van der Waals surface area contributed by atoms with E-state index in [2.05, 4.69) is 4.90 Å². The molecule has 0 spiro atoms. The first-order valence-corrected chi connectivity index (χ1v) is 9.57. The summed E-state index contributed by atoms with van der Waals surface area (Å²) >= 11 is 11.9. The number of halogens is 2. The molecule has 8 heteroatoms. The number of piperazine rings is 1. The van der Waals surface area contributed by atoms with Crippen LogP contribution in [0, 0.1) is 0 Å². The Bertz CT molecular complexity index is 833. The van der Waals surface area contributed by atoms with Crippen molar-refractivity contribution < 1.29 is 13.5 Å². The lowest BCUT2D eigenvalue weighted by Gasteiger charge is -2.35. The lowest BCUT2D eigenvalue weighted by Crippen LogP contribution is -2.48. The summed E-state index contributed by atoms with van der Waals surface area (Å²) in [6, 6.07) is 11.3. The predicted octanol–water partition coefficient (Wildman–Crippen LogP) is 3.21. The van der Waals surface area contributed by atoms with Gasteiger partial charge in [0.1, 0.15) is 10.6 Å². The molecular weight excluding hydrogens is 371 g/mol. The van der Waals surface area contributed by atoms with Crippen molar-refractivity contribution in [3.63, 3.8) is 0 Å². The first kappa shape index (κ1) is 17.4. The van der Waals surface area contributed by atoms with Gasteiger partial charge in [0.05, 0.1) is 5.02 Å². The highest BCUT2D eigenvalue weighted by Gasteiger charge is 2.30. The second-order valence-electron chi connectivity index (χ2n) is 5.48. The summed E-state index contributed by atoms with van der Waals surface area (Å²) in [7, 11) is -3.68. The third kappa shape index (κ3) is 3.47. The van der Waals surface area contributed by atoms with Crippen molar-refractivity contribution in [2.75, 3.05) is 31.1 Å². The standard InChI is InChI=1S/C16H16Cl2N2O3S/c17-12-1-6-15(18)16(11-12)24(22,23)20-9-7-19(8-10-20)13-2-4-14(21)5-3-13/h1-6,11,21H,7-10H2. The van der Waals surface area contributed by atoms with Crippen molar-refractivity contribution >= 4 is 38.9 Å². The van der Waals surface area contributed by atoms with Crippen molar-refractivity contribution in [2.24, 2.45) is 0 Å². The molecule has 0 aliphatic carbocycles. The molecule has 1 heterocycles. The van der Waals surface area contributed by atoms with E-state index in [0.29, 0.717) is 31.2 Å². The molecule has 0 unspecified atom stereocenters. The van der Waals surface area contributed by atoms with Crippen LogP contribution in [0.5, 0.6) is 5.75 Å². The topological polar surface area (TPSA) is 60.9 Å². The van der Waals surface area contributed by atoms with Crippen LogP contribution in [0.15, 0.2) is 47.4 Å². The Hall–Kier alpha value is -1.47. The van der Waals surface area contributed by atoms with Crippen molar-refractivity contribution in [2.45, 2.75) is 4.90 Å². The number of hydrogen-bond acceptors (Lipinski definition) is 4. The monoisotopic (exact) mass is 386 g/mol. The highest BCUT2D eigenvalue weighted by atomic mass is 35.5. The van der Waals surface area contributed by atoms with Crippen LogP contribution in [0.4, 0.5) is 5.69 Å². The summed E-state index contributed by atoms with van der Waals surface area (Å²) in [4.78, 5) is 2.11. The molecule has 1 N–H and O–H groups in total. The maximum atomic E-state index is 12.8. The van der Waals surface area contributed by atoms with Gasteiger partial charge < -0.3 is 10.0 Å². The molecule has 0 amide bonds. The Labute approximate surface area is 151 Å². The molecule has 2 aromatic carbocycles. The third-order valence-electron chi connectivity index (χ3n) is 3.96. The molecule has 1 aliphatic heterocycles. The van der Waals surface area contributed by atoms with Gasteiger partial charge in [0.15, 0.2) is 0 Å². The fraction of sp³-hybridized carbons (Fsp3) is 0.250. The third-order valence-corrected chi connectivity index (χ3v) is 6.58. The molecule has 24 heavy (non-hydrogen) atoms. The molecule has 0 atom stereocenters. The Balaban J connectivity index is 1.76.